The Labute approximate surface area is 102 Å². The van der Waals surface area contributed by atoms with Gasteiger partial charge in [0.2, 0.25) is 0 Å². The van der Waals surface area contributed by atoms with Gasteiger partial charge in [-0.05, 0) is 36.6 Å². The van der Waals surface area contributed by atoms with Gasteiger partial charge in [0, 0.05) is 11.8 Å². The second-order valence-electron chi connectivity index (χ2n) is 4.23. The Morgan fingerprint density at radius 3 is 2.47 bits per heavy atom. The van der Waals surface area contributed by atoms with E-state index < -0.39 is 0 Å². The number of nitrogens with two attached hydrogens (primary N) is 1. The summed E-state index contributed by atoms with van der Waals surface area (Å²) in [5.74, 6) is 0.816. The maximum atomic E-state index is 5.84. The van der Waals surface area contributed by atoms with Gasteiger partial charge in [0.05, 0.1) is 0 Å². The van der Waals surface area contributed by atoms with E-state index in [1.54, 1.807) is 0 Å². The number of benzene rings is 2. The van der Waals surface area contributed by atoms with Gasteiger partial charge < -0.3 is 10.5 Å². The second kappa shape index (κ2) is 4.91. The first-order chi connectivity index (χ1) is 8.16. The summed E-state index contributed by atoms with van der Waals surface area (Å²) in [5.41, 5.74) is 10.1. The Bertz CT molecular complexity index is 520. The monoisotopic (exact) mass is 227 g/mol. The van der Waals surface area contributed by atoms with E-state index in [1.807, 2.05) is 37.3 Å². The number of hydrogen-bond donors (Lipinski definition) is 1. The van der Waals surface area contributed by atoms with E-state index in [0.29, 0.717) is 6.61 Å². The third-order valence-electron chi connectivity index (χ3n) is 2.91. The summed E-state index contributed by atoms with van der Waals surface area (Å²) in [6.07, 6.45) is 0. The number of anilines is 1. The topological polar surface area (TPSA) is 35.2 Å². The summed E-state index contributed by atoms with van der Waals surface area (Å²) in [4.78, 5) is 0. The molecule has 0 aliphatic rings. The quantitative estimate of drug-likeness (QED) is 0.815. The Morgan fingerprint density at radius 1 is 1.00 bits per heavy atom. The Balaban J connectivity index is 2.08. The van der Waals surface area contributed by atoms with Crippen LogP contribution >= 0.6 is 0 Å². The van der Waals surface area contributed by atoms with E-state index in [9.17, 15) is 0 Å². The lowest BCUT2D eigenvalue weighted by atomic mass is 10.1. The molecule has 2 aromatic rings. The molecule has 0 radical (unpaired) electrons. The van der Waals surface area contributed by atoms with Crippen LogP contribution in [0, 0.1) is 13.8 Å². The van der Waals surface area contributed by atoms with Crippen molar-refractivity contribution >= 4 is 5.69 Å². The summed E-state index contributed by atoms with van der Waals surface area (Å²) < 4.78 is 5.73. The zero-order chi connectivity index (χ0) is 12.3. The molecule has 0 aromatic heterocycles. The minimum Gasteiger partial charge on any atom is -0.489 e. The molecule has 0 fully saturated rings. The van der Waals surface area contributed by atoms with Gasteiger partial charge in [-0.2, -0.15) is 0 Å². The molecule has 2 N–H and O–H groups in total. The molecule has 2 rings (SSSR count). The number of rotatable bonds is 3. The van der Waals surface area contributed by atoms with E-state index in [2.05, 4.69) is 19.1 Å². The average molecular weight is 227 g/mol. The highest BCUT2D eigenvalue weighted by Gasteiger charge is 2.00. The SMILES string of the molecule is Cc1ccc(OCc2ccccc2C)cc1N. The molecule has 0 aliphatic carbocycles. The molecule has 0 unspecified atom stereocenters. The highest BCUT2D eigenvalue weighted by molar-refractivity contribution is 5.50. The summed E-state index contributed by atoms with van der Waals surface area (Å²) in [5, 5.41) is 0. The van der Waals surface area contributed by atoms with Gasteiger partial charge in [-0.15, -0.1) is 0 Å². The third kappa shape index (κ3) is 2.78. The minimum absolute atomic E-state index is 0.579. The molecule has 0 bridgehead atoms. The summed E-state index contributed by atoms with van der Waals surface area (Å²) in [6.45, 7) is 4.65. The highest BCUT2D eigenvalue weighted by Crippen LogP contribution is 2.20. The second-order valence-corrected chi connectivity index (χ2v) is 4.23. The Morgan fingerprint density at radius 2 is 1.76 bits per heavy atom. The van der Waals surface area contributed by atoms with Crippen LogP contribution in [0.1, 0.15) is 16.7 Å². The zero-order valence-electron chi connectivity index (χ0n) is 10.2. The molecule has 0 saturated heterocycles. The fraction of sp³-hybridized carbons (Fsp3) is 0.200. The maximum absolute atomic E-state index is 5.84. The van der Waals surface area contributed by atoms with Crippen molar-refractivity contribution < 1.29 is 4.74 Å². The van der Waals surface area contributed by atoms with Crippen molar-refractivity contribution in [2.75, 3.05) is 5.73 Å². The first kappa shape index (κ1) is 11.5. The fourth-order valence-corrected chi connectivity index (χ4v) is 1.64. The lowest BCUT2D eigenvalue weighted by Gasteiger charge is -2.09. The largest absolute Gasteiger partial charge is 0.489 e. The Hall–Kier alpha value is -1.96. The van der Waals surface area contributed by atoms with E-state index in [4.69, 9.17) is 10.5 Å². The van der Waals surface area contributed by atoms with Gasteiger partial charge in [0.1, 0.15) is 12.4 Å². The molecule has 2 aromatic carbocycles. The van der Waals surface area contributed by atoms with Gasteiger partial charge >= 0.3 is 0 Å². The average Bonchev–Trinajstić information content (AvgIpc) is 2.32. The smallest absolute Gasteiger partial charge is 0.121 e. The van der Waals surface area contributed by atoms with Crippen LogP contribution in [-0.2, 0) is 6.61 Å². The molecule has 2 nitrogen and oxygen atoms in total. The first-order valence-corrected chi connectivity index (χ1v) is 5.70. The fourth-order valence-electron chi connectivity index (χ4n) is 1.64. The van der Waals surface area contributed by atoms with E-state index in [-0.39, 0.29) is 0 Å². The molecule has 0 atom stereocenters. The van der Waals surface area contributed by atoms with Crippen LogP contribution in [0.5, 0.6) is 5.75 Å². The van der Waals surface area contributed by atoms with Gasteiger partial charge in [0.25, 0.3) is 0 Å². The summed E-state index contributed by atoms with van der Waals surface area (Å²) in [7, 11) is 0. The standard InChI is InChI=1S/C15H17NO/c1-11-5-3-4-6-13(11)10-17-14-8-7-12(2)15(16)9-14/h3-9H,10,16H2,1-2H3. The van der Waals surface area contributed by atoms with Crippen LogP contribution in [0.15, 0.2) is 42.5 Å². The lowest BCUT2D eigenvalue weighted by Crippen LogP contribution is -1.98. The van der Waals surface area contributed by atoms with Gasteiger partial charge in [-0.25, -0.2) is 0 Å². The molecule has 2 heteroatoms. The third-order valence-corrected chi connectivity index (χ3v) is 2.91. The lowest BCUT2D eigenvalue weighted by molar-refractivity contribution is 0.305. The first-order valence-electron chi connectivity index (χ1n) is 5.70. The predicted octanol–water partition coefficient (Wildman–Crippen LogP) is 3.46. The molecule has 0 saturated carbocycles. The Kier molecular flexibility index (Phi) is 3.33. The van der Waals surface area contributed by atoms with Gasteiger partial charge in [-0.3, -0.25) is 0 Å². The van der Waals surface area contributed by atoms with Crippen LogP contribution in [0.4, 0.5) is 5.69 Å². The van der Waals surface area contributed by atoms with Gasteiger partial charge in [-0.1, -0.05) is 30.3 Å². The number of ether oxygens (including phenoxy) is 1. The maximum Gasteiger partial charge on any atom is 0.121 e. The molecule has 17 heavy (non-hydrogen) atoms. The van der Waals surface area contributed by atoms with E-state index >= 15 is 0 Å². The number of hydrogen-bond acceptors (Lipinski definition) is 2. The highest BCUT2D eigenvalue weighted by atomic mass is 16.5. The van der Waals surface area contributed by atoms with Crippen LogP contribution in [0.2, 0.25) is 0 Å². The van der Waals surface area contributed by atoms with Crippen molar-refractivity contribution in [3.05, 3.63) is 59.2 Å². The normalized spacial score (nSPS) is 10.2. The molecule has 0 spiro atoms. The zero-order valence-corrected chi connectivity index (χ0v) is 10.2. The summed E-state index contributed by atoms with van der Waals surface area (Å²) >= 11 is 0. The van der Waals surface area contributed by atoms with Crippen molar-refractivity contribution in [3.8, 4) is 5.75 Å². The molecule has 0 aliphatic heterocycles. The van der Waals surface area contributed by atoms with Crippen molar-refractivity contribution in [1.82, 2.24) is 0 Å². The molecule has 88 valence electrons. The minimum atomic E-state index is 0.579. The molecule has 0 heterocycles. The number of aryl methyl sites for hydroxylation is 2. The number of nitrogen functional groups attached to an aromatic ring is 1. The van der Waals surface area contributed by atoms with Crippen molar-refractivity contribution in [2.24, 2.45) is 0 Å². The van der Waals surface area contributed by atoms with E-state index in [0.717, 1.165) is 17.0 Å². The molecule has 0 amide bonds. The van der Waals surface area contributed by atoms with E-state index in [1.165, 1.54) is 11.1 Å². The van der Waals surface area contributed by atoms with Crippen LogP contribution < -0.4 is 10.5 Å². The summed E-state index contributed by atoms with van der Waals surface area (Å²) in [6, 6.07) is 14.0. The van der Waals surface area contributed by atoms with Crippen molar-refractivity contribution in [2.45, 2.75) is 20.5 Å². The van der Waals surface area contributed by atoms with Crippen LogP contribution in [0.25, 0.3) is 0 Å². The molecular weight excluding hydrogens is 210 g/mol. The van der Waals surface area contributed by atoms with Crippen molar-refractivity contribution in [1.29, 1.82) is 0 Å². The van der Waals surface area contributed by atoms with Crippen LogP contribution in [-0.4, -0.2) is 0 Å². The molecular formula is C15H17NO. The predicted molar refractivity (Wildman–Crippen MR) is 71.1 cm³/mol. The van der Waals surface area contributed by atoms with Gasteiger partial charge in [0.15, 0.2) is 0 Å². The van der Waals surface area contributed by atoms with Crippen LogP contribution in [0.3, 0.4) is 0 Å². The van der Waals surface area contributed by atoms with Crippen molar-refractivity contribution in [3.63, 3.8) is 0 Å².